The second kappa shape index (κ2) is 6.57. The van der Waals surface area contributed by atoms with Gasteiger partial charge in [-0.1, -0.05) is 12.1 Å². The van der Waals surface area contributed by atoms with Gasteiger partial charge in [0, 0.05) is 24.1 Å². The predicted molar refractivity (Wildman–Crippen MR) is 70.2 cm³/mol. The molecule has 1 unspecified atom stereocenters. The summed E-state index contributed by atoms with van der Waals surface area (Å²) in [6.45, 7) is 0.0683. The molecular weight excluding hydrogens is 278 g/mol. The molecule has 0 aliphatic rings. The van der Waals surface area contributed by atoms with E-state index >= 15 is 0 Å². The van der Waals surface area contributed by atoms with E-state index in [9.17, 15) is 9.59 Å². The van der Waals surface area contributed by atoms with E-state index in [1.165, 1.54) is 0 Å². The molecule has 1 amide bonds. The normalized spacial score (nSPS) is 11.9. The fourth-order valence-corrected chi connectivity index (χ4v) is 1.60. The first-order valence-electron chi connectivity index (χ1n) is 6.11. The lowest BCUT2D eigenvalue weighted by Gasteiger charge is -2.07. The number of aromatic amines is 1. The number of aromatic nitrogens is 4. The fourth-order valence-electron chi connectivity index (χ4n) is 1.60. The zero-order chi connectivity index (χ0) is 15.2. The molecule has 1 heterocycles. The summed E-state index contributed by atoms with van der Waals surface area (Å²) >= 11 is 0. The zero-order valence-electron chi connectivity index (χ0n) is 10.9. The number of aliphatic hydroxyl groups is 1. The van der Waals surface area contributed by atoms with Crippen molar-refractivity contribution in [1.82, 2.24) is 25.9 Å². The van der Waals surface area contributed by atoms with Crippen molar-refractivity contribution in [2.24, 2.45) is 0 Å². The number of hydrogen-bond donors (Lipinski definition) is 4. The van der Waals surface area contributed by atoms with Gasteiger partial charge in [-0.25, -0.2) is 4.79 Å². The Labute approximate surface area is 119 Å². The highest BCUT2D eigenvalue weighted by atomic mass is 16.4. The number of nitrogens with zero attached hydrogens (tertiary/aromatic N) is 3. The number of aliphatic hydroxyl groups excluding tert-OH is 1. The van der Waals surface area contributed by atoms with E-state index in [1.54, 1.807) is 24.3 Å². The van der Waals surface area contributed by atoms with E-state index in [0.29, 0.717) is 17.0 Å². The van der Waals surface area contributed by atoms with E-state index in [1.807, 2.05) is 0 Å². The van der Waals surface area contributed by atoms with Gasteiger partial charge in [0.2, 0.25) is 5.82 Å². The molecule has 1 aromatic heterocycles. The van der Waals surface area contributed by atoms with Crippen LogP contribution in [0.2, 0.25) is 0 Å². The van der Waals surface area contributed by atoms with Crippen LogP contribution in [0.1, 0.15) is 16.8 Å². The van der Waals surface area contributed by atoms with Crippen molar-refractivity contribution >= 4 is 11.9 Å². The number of benzene rings is 1. The number of carbonyl (C=O) groups excluding carboxylic acids is 1. The summed E-state index contributed by atoms with van der Waals surface area (Å²) in [6.07, 6.45) is -1.53. The molecule has 1 atom stereocenters. The molecule has 2 aromatic rings. The minimum atomic E-state index is -1.48. The van der Waals surface area contributed by atoms with Gasteiger partial charge in [-0.2, -0.15) is 5.21 Å². The Hall–Kier alpha value is -2.81. The molecule has 1 aromatic carbocycles. The Bertz CT molecular complexity index is 611. The number of nitrogens with one attached hydrogen (secondary N) is 2. The van der Waals surface area contributed by atoms with Gasteiger partial charge in [-0.05, 0) is 17.3 Å². The Balaban J connectivity index is 1.90. The number of amides is 1. The highest BCUT2D eigenvalue weighted by Gasteiger charge is 2.13. The van der Waals surface area contributed by atoms with Gasteiger partial charge in [0.05, 0.1) is 0 Å². The van der Waals surface area contributed by atoms with Gasteiger partial charge in [0.1, 0.15) is 0 Å². The summed E-state index contributed by atoms with van der Waals surface area (Å²) in [7, 11) is 0. The molecule has 2 rings (SSSR count). The number of tetrazole rings is 1. The second-order valence-corrected chi connectivity index (χ2v) is 4.21. The fraction of sp³-hybridized carbons (Fsp3) is 0.250. The first-order valence-corrected chi connectivity index (χ1v) is 6.11. The van der Waals surface area contributed by atoms with Crippen molar-refractivity contribution in [2.45, 2.75) is 12.5 Å². The number of aliphatic carboxylic acids is 1. The summed E-state index contributed by atoms with van der Waals surface area (Å²) in [4.78, 5) is 22.2. The summed E-state index contributed by atoms with van der Waals surface area (Å²) < 4.78 is 0. The Morgan fingerprint density at radius 3 is 2.57 bits per heavy atom. The summed E-state index contributed by atoms with van der Waals surface area (Å²) in [5.41, 5.74) is 1.12. The average molecular weight is 291 g/mol. The minimum absolute atomic E-state index is 0.0536. The maximum Gasteiger partial charge on any atom is 0.332 e. The number of carbonyl (C=O) groups is 2. The molecular formula is C12H13N5O4. The highest BCUT2D eigenvalue weighted by molar-refractivity contribution is 5.94. The first-order chi connectivity index (χ1) is 10.1. The van der Waals surface area contributed by atoms with E-state index in [0.717, 1.165) is 0 Å². The van der Waals surface area contributed by atoms with Crippen LogP contribution >= 0.6 is 0 Å². The molecule has 0 aliphatic carbocycles. The third-order valence-corrected chi connectivity index (χ3v) is 2.74. The summed E-state index contributed by atoms with van der Waals surface area (Å²) in [6, 6.07) is 6.53. The monoisotopic (exact) mass is 291 g/mol. The van der Waals surface area contributed by atoms with Crippen molar-refractivity contribution in [2.75, 3.05) is 6.54 Å². The maximum atomic E-state index is 11.8. The molecule has 4 N–H and O–H groups in total. The number of H-pyrrole nitrogens is 1. The van der Waals surface area contributed by atoms with Crippen molar-refractivity contribution in [3.05, 3.63) is 29.8 Å². The minimum Gasteiger partial charge on any atom is -0.479 e. The van der Waals surface area contributed by atoms with Crippen LogP contribution in [0.4, 0.5) is 0 Å². The number of hydrogen-bond acceptors (Lipinski definition) is 6. The summed E-state index contributed by atoms with van der Waals surface area (Å²) in [5.74, 6) is -1.24. The number of carboxylic acid groups (broad SMARTS) is 1. The third-order valence-electron chi connectivity index (χ3n) is 2.74. The molecule has 0 fully saturated rings. The zero-order valence-corrected chi connectivity index (χ0v) is 10.9. The Kier molecular flexibility index (Phi) is 4.57. The van der Waals surface area contributed by atoms with Gasteiger partial charge < -0.3 is 15.5 Å². The van der Waals surface area contributed by atoms with Gasteiger partial charge >= 0.3 is 5.97 Å². The topological polar surface area (TPSA) is 141 Å². The van der Waals surface area contributed by atoms with Crippen LogP contribution < -0.4 is 5.32 Å². The van der Waals surface area contributed by atoms with Crippen molar-refractivity contribution in [1.29, 1.82) is 0 Å². The lowest BCUT2D eigenvalue weighted by atomic mass is 10.1. The van der Waals surface area contributed by atoms with Crippen LogP contribution in [0.25, 0.3) is 11.4 Å². The molecule has 0 aliphatic heterocycles. The van der Waals surface area contributed by atoms with Gasteiger partial charge in [-0.3, -0.25) is 4.79 Å². The molecule has 0 radical (unpaired) electrons. The lowest BCUT2D eigenvalue weighted by Crippen LogP contribution is -2.30. The van der Waals surface area contributed by atoms with Gasteiger partial charge in [0.25, 0.3) is 5.91 Å². The molecule has 0 spiro atoms. The van der Waals surface area contributed by atoms with E-state index in [-0.39, 0.29) is 18.9 Å². The maximum absolute atomic E-state index is 11.8. The molecule has 110 valence electrons. The molecule has 9 heteroatoms. The Morgan fingerprint density at radius 1 is 1.29 bits per heavy atom. The van der Waals surface area contributed by atoms with Gasteiger partial charge in [-0.15, -0.1) is 10.2 Å². The van der Waals surface area contributed by atoms with E-state index in [4.69, 9.17) is 10.2 Å². The van der Waals surface area contributed by atoms with Crippen LogP contribution in [0.15, 0.2) is 24.3 Å². The molecule has 9 nitrogen and oxygen atoms in total. The summed E-state index contributed by atoms with van der Waals surface area (Å²) in [5, 5.41) is 33.5. The SMILES string of the molecule is O=C(NCCC(O)C(=O)O)c1ccc(-c2nn[nH]n2)cc1. The predicted octanol–water partition coefficient (Wildman–Crippen LogP) is -0.568. The highest BCUT2D eigenvalue weighted by Crippen LogP contribution is 2.13. The van der Waals surface area contributed by atoms with Crippen LogP contribution in [-0.2, 0) is 4.79 Å². The van der Waals surface area contributed by atoms with Gasteiger partial charge in [0.15, 0.2) is 6.10 Å². The number of carboxylic acids is 1. The standard InChI is InChI=1S/C12H13N5O4/c18-9(12(20)21)5-6-13-11(19)8-3-1-7(2-4-8)10-14-16-17-15-10/h1-4,9,18H,5-6H2,(H,13,19)(H,20,21)(H,14,15,16,17). The van der Waals surface area contributed by atoms with Crippen molar-refractivity contribution < 1.29 is 19.8 Å². The van der Waals surface area contributed by atoms with Crippen LogP contribution in [0, 0.1) is 0 Å². The quantitative estimate of drug-likeness (QED) is 0.558. The third kappa shape index (κ3) is 3.83. The molecule has 21 heavy (non-hydrogen) atoms. The van der Waals surface area contributed by atoms with Crippen LogP contribution in [0.5, 0.6) is 0 Å². The second-order valence-electron chi connectivity index (χ2n) is 4.21. The van der Waals surface area contributed by atoms with Crippen LogP contribution in [0.3, 0.4) is 0 Å². The average Bonchev–Trinajstić information content (AvgIpc) is 3.01. The molecule has 0 saturated heterocycles. The lowest BCUT2D eigenvalue weighted by molar-refractivity contribution is -0.146. The molecule has 0 bridgehead atoms. The van der Waals surface area contributed by atoms with Crippen molar-refractivity contribution in [3.8, 4) is 11.4 Å². The first kappa shape index (κ1) is 14.6. The van der Waals surface area contributed by atoms with Crippen molar-refractivity contribution in [3.63, 3.8) is 0 Å². The van der Waals surface area contributed by atoms with E-state index < -0.39 is 12.1 Å². The molecule has 0 saturated carbocycles. The van der Waals surface area contributed by atoms with Crippen LogP contribution in [-0.4, -0.2) is 55.4 Å². The largest absolute Gasteiger partial charge is 0.479 e. The Morgan fingerprint density at radius 2 is 2.00 bits per heavy atom. The number of rotatable bonds is 6. The smallest absolute Gasteiger partial charge is 0.332 e. The van der Waals surface area contributed by atoms with E-state index in [2.05, 4.69) is 25.9 Å².